The molecule has 90 valence electrons. The maximum atomic E-state index is 11.3. The minimum Gasteiger partial charge on any atom is -0.480 e. The van der Waals surface area contributed by atoms with E-state index in [1.54, 1.807) is 6.92 Å². The van der Waals surface area contributed by atoms with Crippen LogP contribution in [-0.2, 0) is 9.59 Å². The number of thioether (sulfide) groups is 1. The average Bonchev–Trinajstić information content (AvgIpc) is 2.25. The molecule has 16 heavy (non-hydrogen) atoms. The summed E-state index contributed by atoms with van der Waals surface area (Å²) in [6.45, 7) is 3.65. The monoisotopic (exact) mass is 244 g/mol. The normalized spacial score (nSPS) is 13.6. The van der Waals surface area contributed by atoms with Crippen LogP contribution >= 0.6 is 11.8 Å². The molecule has 0 aromatic carbocycles. The van der Waals surface area contributed by atoms with Crippen LogP contribution in [0.25, 0.3) is 0 Å². The predicted octanol–water partition coefficient (Wildman–Crippen LogP) is 0.859. The zero-order valence-corrected chi connectivity index (χ0v) is 10.2. The number of carboxylic acid groups (broad SMARTS) is 1. The van der Waals surface area contributed by atoms with Gasteiger partial charge >= 0.3 is 5.97 Å². The van der Waals surface area contributed by atoms with Crippen LogP contribution in [0.3, 0.4) is 0 Å². The SMILES string of the molecule is CCC(C)C(NC(=O)CSCC#N)C(=O)O. The Hall–Kier alpha value is -1.22. The van der Waals surface area contributed by atoms with Crippen LogP contribution in [-0.4, -0.2) is 34.5 Å². The first-order valence-electron chi connectivity index (χ1n) is 4.99. The molecule has 0 heterocycles. The maximum absolute atomic E-state index is 11.3. The molecular weight excluding hydrogens is 228 g/mol. The molecule has 0 bridgehead atoms. The summed E-state index contributed by atoms with van der Waals surface area (Å²) in [5.41, 5.74) is 0. The molecule has 0 aromatic rings. The summed E-state index contributed by atoms with van der Waals surface area (Å²) in [5, 5.41) is 19.7. The highest BCUT2D eigenvalue weighted by molar-refractivity contribution is 8.00. The number of carbonyl (C=O) groups is 2. The number of hydrogen-bond acceptors (Lipinski definition) is 4. The van der Waals surface area contributed by atoms with Gasteiger partial charge in [-0.15, -0.1) is 11.8 Å². The molecule has 2 N–H and O–H groups in total. The van der Waals surface area contributed by atoms with E-state index in [2.05, 4.69) is 5.32 Å². The van der Waals surface area contributed by atoms with Crippen molar-refractivity contribution in [2.24, 2.45) is 5.92 Å². The molecule has 2 unspecified atom stereocenters. The van der Waals surface area contributed by atoms with Gasteiger partial charge in [0.05, 0.1) is 17.6 Å². The van der Waals surface area contributed by atoms with Gasteiger partial charge in [0, 0.05) is 0 Å². The number of rotatable bonds is 7. The molecule has 0 fully saturated rings. The van der Waals surface area contributed by atoms with E-state index < -0.39 is 12.0 Å². The van der Waals surface area contributed by atoms with Crippen LogP contribution in [0.15, 0.2) is 0 Å². The third kappa shape index (κ3) is 5.61. The number of aliphatic carboxylic acids is 1. The predicted molar refractivity (Wildman–Crippen MR) is 62.0 cm³/mol. The van der Waals surface area contributed by atoms with Crippen molar-refractivity contribution in [3.05, 3.63) is 0 Å². The van der Waals surface area contributed by atoms with Gasteiger partial charge in [-0.2, -0.15) is 5.26 Å². The molecule has 0 spiro atoms. The van der Waals surface area contributed by atoms with Gasteiger partial charge in [-0.3, -0.25) is 4.79 Å². The fourth-order valence-electron chi connectivity index (χ4n) is 1.09. The first kappa shape index (κ1) is 14.8. The maximum Gasteiger partial charge on any atom is 0.326 e. The zero-order chi connectivity index (χ0) is 12.6. The van der Waals surface area contributed by atoms with Crippen molar-refractivity contribution in [2.45, 2.75) is 26.3 Å². The molecule has 0 saturated heterocycles. The van der Waals surface area contributed by atoms with Crippen molar-refractivity contribution >= 4 is 23.6 Å². The molecule has 0 aliphatic carbocycles. The summed E-state index contributed by atoms with van der Waals surface area (Å²) in [6, 6.07) is 1.05. The summed E-state index contributed by atoms with van der Waals surface area (Å²) in [4.78, 5) is 22.2. The van der Waals surface area contributed by atoms with Gasteiger partial charge in [0.25, 0.3) is 0 Å². The van der Waals surface area contributed by atoms with E-state index in [-0.39, 0.29) is 23.3 Å². The summed E-state index contributed by atoms with van der Waals surface area (Å²) < 4.78 is 0. The van der Waals surface area contributed by atoms with Crippen LogP contribution in [0.4, 0.5) is 0 Å². The fourth-order valence-corrected chi connectivity index (χ4v) is 1.55. The van der Waals surface area contributed by atoms with Crippen molar-refractivity contribution in [1.82, 2.24) is 5.32 Å². The summed E-state index contributed by atoms with van der Waals surface area (Å²) in [5.74, 6) is -1.12. The Labute approximate surface area is 99.2 Å². The van der Waals surface area contributed by atoms with Crippen molar-refractivity contribution in [3.63, 3.8) is 0 Å². The van der Waals surface area contributed by atoms with Crippen LogP contribution in [0.1, 0.15) is 20.3 Å². The minimum atomic E-state index is -1.02. The number of nitrogens with one attached hydrogen (secondary N) is 1. The van der Waals surface area contributed by atoms with Gasteiger partial charge in [0.15, 0.2) is 0 Å². The van der Waals surface area contributed by atoms with Crippen molar-refractivity contribution in [3.8, 4) is 6.07 Å². The molecule has 0 aromatic heterocycles. The summed E-state index contributed by atoms with van der Waals surface area (Å²) in [6.07, 6.45) is 0.683. The standard InChI is InChI=1S/C10H16N2O3S/c1-3-7(2)9(10(14)15)12-8(13)6-16-5-4-11/h7,9H,3,5-6H2,1-2H3,(H,12,13)(H,14,15). The average molecular weight is 244 g/mol. The number of carboxylic acids is 1. The lowest BCUT2D eigenvalue weighted by atomic mass is 9.99. The molecule has 0 saturated carbocycles. The number of nitriles is 1. The number of carbonyl (C=O) groups excluding carboxylic acids is 1. The van der Waals surface area contributed by atoms with Gasteiger partial charge in [-0.05, 0) is 5.92 Å². The Kier molecular flexibility index (Phi) is 7.38. The number of amides is 1. The van der Waals surface area contributed by atoms with Gasteiger partial charge in [0.2, 0.25) is 5.91 Å². The van der Waals surface area contributed by atoms with E-state index in [1.165, 1.54) is 11.8 Å². The highest BCUT2D eigenvalue weighted by Crippen LogP contribution is 2.08. The third-order valence-corrected chi connectivity index (χ3v) is 2.99. The second-order valence-electron chi connectivity index (χ2n) is 3.42. The minimum absolute atomic E-state index is 0.109. The molecule has 0 radical (unpaired) electrons. The Balaban J connectivity index is 4.15. The van der Waals surface area contributed by atoms with E-state index in [1.807, 2.05) is 13.0 Å². The summed E-state index contributed by atoms with van der Waals surface area (Å²) in [7, 11) is 0. The van der Waals surface area contributed by atoms with Crippen molar-refractivity contribution < 1.29 is 14.7 Å². The topological polar surface area (TPSA) is 90.2 Å². The third-order valence-electron chi connectivity index (χ3n) is 2.20. The number of nitrogens with zero attached hydrogens (tertiary/aromatic N) is 1. The van der Waals surface area contributed by atoms with Gasteiger partial charge in [0.1, 0.15) is 6.04 Å². The van der Waals surface area contributed by atoms with E-state index in [0.717, 1.165) is 0 Å². The van der Waals surface area contributed by atoms with E-state index in [9.17, 15) is 9.59 Å². The van der Waals surface area contributed by atoms with Crippen LogP contribution in [0.5, 0.6) is 0 Å². The van der Waals surface area contributed by atoms with Gasteiger partial charge in [-0.25, -0.2) is 4.79 Å². The van der Waals surface area contributed by atoms with Gasteiger partial charge < -0.3 is 10.4 Å². The van der Waals surface area contributed by atoms with Crippen molar-refractivity contribution in [2.75, 3.05) is 11.5 Å². The van der Waals surface area contributed by atoms with Gasteiger partial charge in [-0.1, -0.05) is 20.3 Å². The largest absolute Gasteiger partial charge is 0.480 e. The lowest BCUT2D eigenvalue weighted by Gasteiger charge is -2.19. The molecule has 0 aliphatic heterocycles. The summed E-state index contributed by atoms with van der Waals surface area (Å²) >= 11 is 1.17. The van der Waals surface area contributed by atoms with E-state index in [4.69, 9.17) is 10.4 Å². The number of hydrogen-bond donors (Lipinski definition) is 2. The molecule has 1 amide bonds. The Morgan fingerprint density at radius 3 is 2.62 bits per heavy atom. The smallest absolute Gasteiger partial charge is 0.326 e. The van der Waals surface area contributed by atoms with E-state index >= 15 is 0 Å². The Morgan fingerprint density at radius 2 is 2.19 bits per heavy atom. The molecule has 5 nitrogen and oxygen atoms in total. The second kappa shape index (κ2) is 7.99. The lowest BCUT2D eigenvalue weighted by Crippen LogP contribution is -2.45. The molecule has 0 rings (SSSR count). The molecule has 0 aliphatic rings. The highest BCUT2D eigenvalue weighted by Gasteiger charge is 2.24. The first-order chi connectivity index (χ1) is 7.52. The molecule has 6 heteroatoms. The van der Waals surface area contributed by atoms with E-state index in [0.29, 0.717) is 6.42 Å². The van der Waals surface area contributed by atoms with Crippen LogP contribution in [0, 0.1) is 17.2 Å². The van der Waals surface area contributed by atoms with Crippen molar-refractivity contribution in [1.29, 1.82) is 5.26 Å². The van der Waals surface area contributed by atoms with Crippen LogP contribution < -0.4 is 5.32 Å². The highest BCUT2D eigenvalue weighted by atomic mass is 32.2. The fraction of sp³-hybridized carbons (Fsp3) is 0.700. The Bertz CT molecular complexity index is 288. The Morgan fingerprint density at radius 1 is 1.56 bits per heavy atom. The zero-order valence-electron chi connectivity index (χ0n) is 9.40. The lowest BCUT2D eigenvalue weighted by molar-refractivity contribution is -0.143. The second-order valence-corrected chi connectivity index (χ2v) is 4.41. The van der Waals surface area contributed by atoms with Crippen LogP contribution in [0.2, 0.25) is 0 Å². The quantitative estimate of drug-likeness (QED) is 0.648. The first-order valence-corrected chi connectivity index (χ1v) is 6.15. The molecule has 2 atom stereocenters. The molecular formula is C10H16N2O3S.